The van der Waals surface area contributed by atoms with Crippen LogP contribution >= 0.6 is 0 Å². The first-order chi connectivity index (χ1) is 46.3. The molecule has 0 bridgehead atoms. The summed E-state index contributed by atoms with van der Waals surface area (Å²) in [7, 11) is 8.52. The quantitative estimate of drug-likeness (QED) is 0.0951. The molecule has 26 nitrogen and oxygen atoms in total. The van der Waals surface area contributed by atoms with Crippen molar-refractivity contribution in [2.24, 2.45) is 35.5 Å². The predicted molar refractivity (Wildman–Crippen MR) is 382 cm³/mol. The molecular formula is C73H124N12O14. The van der Waals surface area contributed by atoms with E-state index in [9.17, 15) is 29.1 Å². The molecule has 6 N–H and O–H groups in total. The van der Waals surface area contributed by atoms with Gasteiger partial charge in [0, 0.05) is 62.0 Å². The van der Waals surface area contributed by atoms with E-state index in [1.807, 2.05) is 84.0 Å². The van der Waals surface area contributed by atoms with E-state index in [4.69, 9.17) is 9.47 Å². The molecule has 0 spiro atoms. The molecule has 1 aromatic rings. The summed E-state index contributed by atoms with van der Waals surface area (Å²) in [6.07, 6.45) is 3.09. The molecule has 26 heteroatoms. The lowest BCUT2D eigenvalue weighted by Crippen LogP contribution is -2.64. The van der Waals surface area contributed by atoms with Crippen LogP contribution in [0.1, 0.15) is 161 Å². The Labute approximate surface area is 590 Å². The Morgan fingerprint density at radius 2 is 1.01 bits per heavy atom. The number of nitrogens with one attached hydrogen (secondary N) is 5. The third kappa shape index (κ3) is 25.2. The zero-order valence-corrected chi connectivity index (χ0v) is 63.6. The van der Waals surface area contributed by atoms with Crippen LogP contribution in [0.15, 0.2) is 36.4 Å². The van der Waals surface area contributed by atoms with Crippen LogP contribution in [0.5, 0.6) is 0 Å². The maximum Gasteiger partial charge on any atom is 0.246 e. The van der Waals surface area contributed by atoms with Gasteiger partial charge in [-0.1, -0.05) is 126 Å². The number of ether oxygens (including phenoxy) is 2. The molecule has 2 aliphatic heterocycles. The summed E-state index contributed by atoms with van der Waals surface area (Å²) in [5.74, 6) is -10.4. The number of unbranched alkanes of at least 4 members (excludes halogenated alkanes) is 1. The van der Waals surface area contributed by atoms with Gasteiger partial charge in [0.15, 0.2) is 0 Å². The van der Waals surface area contributed by atoms with E-state index < -0.39 is 161 Å². The van der Waals surface area contributed by atoms with Gasteiger partial charge in [-0.25, -0.2) is 0 Å². The van der Waals surface area contributed by atoms with Gasteiger partial charge in [-0.05, 0) is 120 Å². The van der Waals surface area contributed by atoms with Gasteiger partial charge >= 0.3 is 0 Å². The van der Waals surface area contributed by atoms with Crippen molar-refractivity contribution >= 4 is 71.1 Å². The molecule has 11 amide bonds. The van der Waals surface area contributed by atoms with Gasteiger partial charge in [-0.2, -0.15) is 0 Å². The number of hydrogen-bond donors (Lipinski definition) is 6. The zero-order chi connectivity index (χ0) is 75.0. The molecule has 0 radical (unpaired) electrons. The summed E-state index contributed by atoms with van der Waals surface area (Å²) in [6, 6.07) is -4.96. The van der Waals surface area contributed by atoms with Crippen molar-refractivity contribution in [2.45, 2.75) is 234 Å². The monoisotopic (exact) mass is 1390 g/mol. The average Bonchev–Trinajstić information content (AvgIpc) is 0.825. The number of carbonyl (C=O) groups excluding carboxylic acids is 11. The lowest BCUT2D eigenvalue weighted by Gasteiger charge is -2.40. The number of benzene rings is 1. The molecule has 99 heavy (non-hydrogen) atoms. The number of rotatable bonds is 21. The fourth-order valence-electron chi connectivity index (χ4n) is 12.6. The van der Waals surface area contributed by atoms with Crippen LogP contribution < -0.4 is 26.6 Å². The second-order valence-corrected chi connectivity index (χ2v) is 29.3. The van der Waals surface area contributed by atoms with Crippen molar-refractivity contribution in [3.8, 4) is 0 Å². The Kier molecular flexibility index (Phi) is 35.7. The van der Waals surface area contributed by atoms with Crippen molar-refractivity contribution in [3.63, 3.8) is 0 Å². The first-order valence-electron chi connectivity index (χ1n) is 35.7. The van der Waals surface area contributed by atoms with E-state index >= 15 is 28.8 Å². The summed E-state index contributed by atoms with van der Waals surface area (Å²) >= 11 is 0. The van der Waals surface area contributed by atoms with E-state index in [-0.39, 0.29) is 56.5 Å². The SMILES string of the molecule is CC[C@@H]1NC(=O)[C@H]([C@H](O)[C@H](C)C/C=C/c2ccccc2)NC(=O)[C@H](C(C)C)N(C)C(=O)[C@H](CC(C)C)N(C)C(=O)[C@H](CC(C)C)N(C)C(=O)[C@@H](C)NC(=O)[C@H](C)NC(=O)[C@H](CC(C)C)N(C)C(=O)[C@H](C(C)C)NC(=O)[C@H]([C@@H](C)OCCCCN2CCOCC2)N(C)C(=O)[C@@H](C)N(C)C1=O. The van der Waals surface area contributed by atoms with Crippen molar-refractivity contribution in [2.75, 3.05) is 81.7 Å². The Balaban J connectivity index is 2.31. The van der Waals surface area contributed by atoms with Gasteiger partial charge < -0.3 is 70.6 Å². The zero-order valence-electron chi connectivity index (χ0n) is 63.6. The number of likely N-dealkylation sites (N-methyl/N-ethyl adjacent to an activating group) is 6. The second-order valence-electron chi connectivity index (χ2n) is 29.3. The minimum Gasteiger partial charge on any atom is -0.390 e. The summed E-state index contributed by atoms with van der Waals surface area (Å²) in [6.45, 7) is 31.3. The molecule has 2 aliphatic rings. The normalized spacial score (nSPS) is 26.8. The van der Waals surface area contributed by atoms with Gasteiger partial charge in [0.1, 0.15) is 66.5 Å². The van der Waals surface area contributed by atoms with E-state index in [1.54, 1.807) is 48.5 Å². The lowest BCUT2D eigenvalue weighted by molar-refractivity contribution is -0.154. The first kappa shape index (κ1) is 86.2. The largest absolute Gasteiger partial charge is 0.390 e. The standard InChI is InChI=1S/C73H124N12O14/c1-23-54-70(94)79(17)51(15)69(93)84(22)61(52(16)99-37-28-27-34-85-35-38-98-39-36-85)67(91)77-58(46(8)9)73(97)80(18)55(40-43(2)3)64(88)74-49(13)63(87)75-50(14)68(92)81(19)56(41-44(4)5)71(95)82(20)57(42-45(6)7)72(96)83(21)60(47(10)11)66(90)78-59(65(89)76-54)62(86)48(12)30-29-33-53-31-25-24-26-32-53/h24-26,29,31-33,43-52,54-62,86H,23,27-28,30,34-42H2,1-22H3,(H,74,88)(H,75,87)(H,76,89)(H,77,91)(H,78,90)/b33-29+/t48-,49+,50-,51-,52-,54+,55+,56+,57+,58+,59+,60+,61+,62-/m1/s1. The maximum absolute atomic E-state index is 15.2. The van der Waals surface area contributed by atoms with Gasteiger partial charge in [-0.3, -0.25) is 57.6 Å². The molecule has 0 aliphatic carbocycles. The molecule has 2 saturated heterocycles. The molecule has 14 atom stereocenters. The van der Waals surface area contributed by atoms with Crippen LogP contribution in [0.25, 0.3) is 6.08 Å². The van der Waals surface area contributed by atoms with E-state index in [0.29, 0.717) is 19.6 Å². The van der Waals surface area contributed by atoms with Gasteiger partial charge in [0.05, 0.1) is 25.4 Å². The number of carbonyl (C=O) groups is 11. The van der Waals surface area contributed by atoms with Crippen molar-refractivity contribution < 1.29 is 67.3 Å². The third-order valence-electron chi connectivity index (χ3n) is 19.0. The lowest BCUT2D eigenvalue weighted by atomic mass is 9.92. The Bertz CT molecular complexity index is 2850. The number of hydrogen-bond acceptors (Lipinski definition) is 15. The Morgan fingerprint density at radius 3 is 1.55 bits per heavy atom. The van der Waals surface area contributed by atoms with Gasteiger partial charge in [0.25, 0.3) is 0 Å². The average molecular weight is 1390 g/mol. The van der Waals surface area contributed by atoms with Gasteiger partial charge in [-0.15, -0.1) is 0 Å². The first-order valence-corrected chi connectivity index (χ1v) is 35.7. The molecule has 2 fully saturated rings. The Morgan fingerprint density at radius 1 is 0.515 bits per heavy atom. The van der Waals surface area contributed by atoms with Crippen molar-refractivity contribution in [3.05, 3.63) is 42.0 Å². The smallest absolute Gasteiger partial charge is 0.246 e. The highest BCUT2D eigenvalue weighted by Crippen LogP contribution is 2.25. The van der Waals surface area contributed by atoms with Gasteiger partial charge in [0.2, 0.25) is 65.0 Å². The topological polar surface area (TPSA) is 309 Å². The van der Waals surface area contributed by atoms with Crippen molar-refractivity contribution in [1.29, 1.82) is 0 Å². The fourth-order valence-corrected chi connectivity index (χ4v) is 12.6. The summed E-state index contributed by atoms with van der Waals surface area (Å²) in [5, 5.41) is 26.1. The summed E-state index contributed by atoms with van der Waals surface area (Å²) < 4.78 is 11.9. The van der Waals surface area contributed by atoms with E-state index in [1.165, 1.54) is 87.6 Å². The molecule has 0 aromatic heterocycles. The number of allylic oxidation sites excluding steroid dienone is 1. The minimum absolute atomic E-state index is 0.0254. The van der Waals surface area contributed by atoms with E-state index in [0.717, 1.165) is 36.5 Å². The number of morpholine rings is 1. The second kappa shape index (κ2) is 41.0. The molecule has 1 aromatic carbocycles. The van der Waals surface area contributed by atoms with E-state index in [2.05, 4.69) is 31.5 Å². The molecule has 0 unspecified atom stereocenters. The third-order valence-corrected chi connectivity index (χ3v) is 19.0. The Hall–Kier alpha value is -7.03. The highest BCUT2D eigenvalue weighted by molar-refractivity contribution is 6.00. The highest BCUT2D eigenvalue weighted by Gasteiger charge is 2.45. The van der Waals surface area contributed by atoms with Crippen LogP contribution in [-0.2, 0) is 62.2 Å². The van der Waals surface area contributed by atoms with Crippen LogP contribution in [0, 0.1) is 35.5 Å². The molecule has 2 heterocycles. The number of aliphatic hydroxyl groups is 1. The van der Waals surface area contributed by atoms with Crippen LogP contribution in [-0.4, -0.2) is 265 Å². The molecule has 3 rings (SSSR count). The van der Waals surface area contributed by atoms with Crippen molar-refractivity contribution in [1.82, 2.24) is 60.9 Å². The summed E-state index contributed by atoms with van der Waals surface area (Å²) in [5.41, 5.74) is 0.885. The fraction of sp³-hybridized carbons (Fsp3) is 0.740. The minimum atomic E-state index is -1.73. The highest BCUT2D eigenvalue weighted by atomic mass is 16.5. The predicted octanol–water partition coefficient (Wildman–Crippen LogP) is 3.92. The molecule has 560 valence electrons. The number of aliphatic hydroxyl groups excluding tert-OH is 1. The van der Waals surface area contributed by atoms with Crippen LogP contribution in [0.3, 0.4) is 0 Å². The van der Waals surface area contributed by atoms with Crippen LogP contribution in [0.2, 0.25) is 0 Å². The number of amides is 11. The molecular weight excluding hydrogens is 1270 g/mol. The van der Waals surface area contributed by atoms with Crippen LogP contribution in [0.4, 0.5) is 0 Å². The molecule has 0 saturated carbocycles. The maximum atomic E-state index is 15.2. The number of nitrogens with zero attached hydrogens (tertiary/aromatic N) is 7. The summed E-state index contributed by atoms with van der Waals surface area (Å²) in [4.78, 5) is 173.